The molecule has 144 valence electrons. The lowest BCUT2D eigenvalue weighted by Gasteiger charge is -2.44. The van der Waals surface area contributed by atoms with Gasteiger partial charge in [0.15, 0.2) is 0 Å². The molecule has 1 aliphatic heterocycles. The first kappa shape index (κ1) is 19.8. The van der Waals surface area contributed by atoms with Crippen molar-refractivity contribution in [1.29, 1.82) is 0 Å². The maximum atomic E-state index is 12.9. The topological polar surface area (TPSA) is 57.3 Å². The number of carbonyl (C=O) groups excluding carboxylic acids is 1. The molecule has 1 saturated carbocycles. The van der Waals surface area contributed by atoms with E-state index in [9.17, 15) is 4.79 Å². The summed E-state index contributed by atoms with van der Waals surface area (Å²) in [6.07, 6.45) is 6.91. The van der Waals surface area contributed by atoms with E-state index in [4.69, 9.17) is 0 Å². The molecule has 2 N–H and O–H groups in total. The van der Waals surface area contributed by atoms with E-state index in [2.05, 4.69) is 50.8 Å². The molecule has 1 aliphatic carbocycles. The molecule has 27 heavy (non-hydrogen) atoms. The van der Waals surface area contributed by atoms with Gasteiger partial charge in [0.2, 0.25) is 5.91 Å². The Labute approximate surface area is 167 Å². The standard InChI is InChI=1S/C21H26N4O.ClH/c26-20(24-21(9-5-10-21)18-7-2-1-3-8-18)16-25-13-12-23-15-19(25)17-6-4-11-22-14-17;/h1-4,6-8,11,14,19,23H,5,9-10,12-13,15-16H2,(H,24,26);1H. The molecular formula is C21H27ClN4O. The van der Waals surface area contributed by atoms with Crippen LogP contribution in [0.5, 0.6) is 0 Å². The predicted octanol–water partition coefficient (Wildman–Crippen LogP) is 2.65. The van der Waals surface area contributed by atoms with Crippen LogP contribution in [0.3, 0.4) is 0 Å². The molecule has 2 heterocycles. The Morgan fingerprint density at radius 2 is 2.04 bits per heavy atom. The number of carbonyl (C=O) groups is 1. The second-order valence-electron chi connectivity index (χ2n) is 7.33. The lowest BCUT2D eigenvalue weighted by molar-refractivity contribution is -0.126. The number of aromatic nitrogens is 1. The number of amides is 1. The maximum absolute atomic E-state index is 12.9. The van der Waals surface area contributed by atoms with Crippen molar-refractivity contribution in [2.75, 3.05) is 26.2 Å². The van der Waals surface area contributed by atoms with Gasteiger partial charge in [0.1, 0.15) is 0 Å². The predicted molar refractivity (Wildman–Crippen MR) is 109 cm³/mol. The van der Waals surface area contributed by atoms with E-state index in [1.165, 1.54) is 12.0 Å². The van der Waals surface area contributed by atoms with Gasteiger partial charge in [-0.25, -0.2) is 0 Å². The number of halogens is 1. The second-order valence-corrected chi connectivity index (χ2v) is 7.33. The smallest absolute Gasteiger partial charge is 0.234 e. The first-order valence-corrected chi connectivity index (χ1v) is 9.48. The van der Waals surface area contributed by atoms with Crippen LogP contribution in [0.4, 0.5) is 0 Å². The van der Waals surface area contributed by atoms with Crippen LogP contribution in [0.25, 0.3) is 0 Å². The van der Waals surface area contributed by atoms with E-state index in [0.717, 1.165) is 38.0 Å². The Morgan fingerprint density at radius 3 is 2.70 bits per heavy atom. The zero-order valence-electron chi connectivity index (χ0n) is 15.4. The minimum atomic E-state index is -0.170. The van der Waals surface area contributed by atoms with Crippen molar-refractivity contribution in [3.63, 3.8) is 0 Å². The van der Waals surface area contributed by atoms with E-state index in [-0.39, 0.29) is 29.9 Å². The number of rotatable bonds is 5. The Kier molecular flexibility index (Phi) is 6.47. The molecule has 1 saturated heterocycles. The van der Waals surface area contributed by atoms with Crippen LogP contribution in [0.15, 0.2) is 54.9 Å². The molecule has 0 radical (unpaired) electrons. The quantitative estimate of drug-likeness (QED) is 0.829. The van der Waals surface area contributed by atoms with E-state index in [1.807, 2.05) is 18.3 Å². The highest BCUT2D eigenvalue weighted by molar-refractivity contribution is 5.85. The minimum absolute atomic E-state index is 0. The first-order valence-electron chi connectivity index (χ1n) is 9.48. The number of pyridine rings is 1. The minimum Gasteiger partial charge on any atom is -0.345 e. The van der Waals surface area contributed by atoms with Gasteiger partial charge in [-0.1, -0.05) is 36.4 Å². The molecule has 6 heteroatoms. The average Bonchev–Trinajstić information content (AvgIpc) is 2.66. The molecule has 1 amide bonds. The van der Waals surface area contributed by atoms with Crippen molar-refractivity contribution < 1.29 is 4.79 Å². The van der Waals surface area contributed by atoms with Gasteiger partial charge in [0.05, 0.1) is 12.1 Å². The molecule has 1 unspecified atom stereocenters. The van der Waals surface area contributed by atoms with E-state index < -0.39 is 0 Å². The van der Waals surface area contributed by atoms with Gasteiger partial charge < -0.3 is 10.6 Å². The van der Waals surface area contributed by atoms with Gasteiger partial charge in [-0.3, -0.25) is 14.7 Å². The molecule has 0 bridgehead atoms. The molecular weight excluding hydrogens is 360 g/mol. The van der Waals surface area contributed by atoms with Gasteiger partial charge in [-0.05, 0) is 36.5 Å². The van der Waals surface area contributed by atoms with Crippen LogP contribution < -0.4 is 10.6 Å². The van der Waals surface area contributed by atoms with Gasteiger partial charge in [-0.15, -0.1) is 12.4 Å². The highest BCUT2D eigenvalue weighted by atomic mass is 35.5. The summed E-state index contributed by atoms with van der Waals surface area (Å²) < 4.78 is 0. The van der Waals surface area contributed by atoms with E-state index in [1.54, 1.807) is 6.20 Å². The summed E-state index contributed by atoms with van der Waals surface area (Å²) in [6, 6.07) is 14.6. The van der Waals surface area contributed by atoms with Crippen molar-refractivity contribution in [3.05, 3.63) is 66.0 Å². The third kappa shape index (κ3) is 4.32. The third-order valence-corrected chi connectivity index (χ3v) is 5.68. The molecule has 2 aromatic rings. The maximum Gasteiger partial charge on any atom is 0.234 e. The zero-order valence-corrected chi connectivity index (χ0v) is 16.3. The molecule has 4 rings (SSSR count). The Bertz CT molecular complexity index is 736. The van der Waals surface area contributed by atoms with Crippen molar-refractivity contribution in [3.8, 4) is 0 Å². The van der Waals surface area contributed by atoms with Crippen molar-refractivity contribution >= 4 is 18.3 Å². The lowest BCUT2D eigenvalue weighted by atomic mass is 9.72. The fourth-order valence-electron chi connectivity index (χ4n) is 4.10. The third-order valence-electron chi connectivity index (χ3n) is 5.68. The second kappa shape index (κ2) is 8.83. The van der Waals surface area contributed by atoms with Crippen LogP contribution >= 0.6 is 12.4 Å². The number of hydrogen-bond acceptors (Lipinski definition) is 4. The van der Waals surface area contributed by atoms with Crippen LogP contribution in [-0.4, -0.2) is 42.0 Å². The van der Waals surface area contributed by atoms with Gasteiger partial charge in [0.25, 0.3) is 0 Å². The summed E-state index contributed by atoms with van der Waals surface area (Å²) in [6.45, 7) is 3.05. The summed E-state index contributed by atoms with van der Waals surface area (Å²) in [4.78, 5) is 19.4. The first-order chi connectivity index (χ1) is 12.8. The van der Waals surface area contributed by atoms with E-state index >= 15 is 0 Å². The van der Waals surface area contributed by atoms with Crippen LogP contribution in [-0.2, 0) is 10.3 Å². The van der Waals surface area contributed by atoms with Crippen molar-refractivity contribution in [2.45, 2.75) is 30.8 Å². The number of nitrogens with zero attached hydrogens (tertiary/aromatic N) is 2. The summed E-state index contributed by atoms with van der Waals surface area (Å²) in [7, 11) is 0. The van der Waals surface area contributed by atoms with Gasteiger partial charge in [-0.2, -0.15) is 0 Å². The molecule has 0 spiro atoms. The monoisotopic (exact) mass is 386 g/mol. The van der Waals surface area contributed by atoms with E-state index in [0.29, 0.717) is 6.54 Å². The van der Waals surface area contributed by atoms with Crippen LogP contribution in [0.1, 0.15) is 36.4 Å². The molecule has 2 fully saturated rings. The van der Waals surface area contributed by atoms with Crippen LogP contribution in [0.2, 0.25) is 0 Å². The number of benzene rings is 1. The zero-order chi connectivity index (χ0) is 17.8. The lowest BCUT2D eigenvalue weighted by Crippen LogP contribution is -2.55. The fraction of sp³-hybridized carbons (Fsp3) is 0.429. The fourth-order valence-corrected chi connectivity index (χ4v) is 4.10. The molecule has 2 aliphatic rings. The molecule has 5 nitrogen and oxygen atoms in total. The highest BCUT2D eigenvalue weighted by Gasteiger charge is 2.40. The summed E-state index contributed by atoms with van der Waals surface area (Å²) in [5.74, 6) is 0.115. The van der Waals surface area contributed by atoms with Crippen molar-refractivity contribution in [2.24, 2.45) is 0 Å². The highest BCUT2D eigenvalue weighted by Crippen LogP contribution is 2.41. The average molecular weight is 387 g/mol. The number of hydrogen-bond donors (Lipinski definition) is 2. The molecule has 1 aromatic carbocycles. The molecule has 1 atom stereocenters. The summed E-state index contributed by atoms with van der Waals surface area (Å²) in [5.41, 5.74) is 2.22. The Balaban J connectivity index is 0.00000210. The largest absolute Gasteiger partial charge is 0.345 e. The normalized spacial score (nSPS) is 21.6. The van der Waals surface area contributed by atoms with Crippen LogP contribution in [0, 0.1) is 0 Å². The molecule has 1 aromatic heterocycles. The Morgan fingerprint density at radius 1 is 1.22 bits per heavy atom. The SMILES string of the molecule is Cl.O=C(CN1CCNCC1c1cccnc1)NC1(c2ccccc2)CCC1. The summed E-state index contributed by atoms with van der Waals surface area (Å²) in [5, 5.41) is 6.78. The van der Waals surface area contributed by atoms with Gasteiger partial charge >= 0.3 is 0 Å². The van der Waals surface area contributed by atoms with Gasteiger partial charge in [0, 0.05) is 38.1 Å². The number of piperazine rings is 1. The Hall–Kier alpha value is -1.95. The number of nitrogens with one attached hydrogen (secondary N) is 2. The summed E-state index contributed by atoms with van der Waals surface area (Å²) >= 11 is 0. The van der Waals surface area contributed by atoms with Crippen molar-refractivity contribution in [1.82, 2.24) is 20.5 Å².